The van der Waals surface area contributed by atoms with Crippen LogP contribution < -0.4 is 11.0 Å². The molecule has 0 bridgehead atoms. The van der Waals surface area contributed by atoms with Gasteiger partial charge in [-0.25, -0.2) is 9.18 Å². The lowest BCUT2D eigenvalue weighted by atomic mass is 10.2. The van der Waals surface area contributed by atoms with Crippen LogP contribution in [0.1, 0.15) is 18.0 Å². The van der Waals surface area contributed by atoms with E-state index in [1.54, 1.807) is 49.5 Å². The second-order valence-electron chi connectivity index (χ2n) is 6.65. The van der Waals surface area contributed by atoms with Crippen LogP contribution in [0.4, 0.5) is 10.1 Å². The van der Waals surface area contributed by atoms with Crippen LogP contribution in [0, 0.1) is 12.7 Å². The quantitative estimate of drug-likeness (QED) is 0.510. The molecule has 0 aliphatic heterocycles. The van der Waals surface area contributed by atoms with Crippen LogP contribution in [0.15, 0.2) is 64.0 Å². The fraction of sp³-hybridized carbons (Fsp3) is 0.143. The van der Waals surface area contributed by atoms with Crippen molar-refractivity contribution in [1.29, 1.82) is 0 Å². The van der Waals surface area contributed by atoms with Crippen molar-refractivity contribution in [1.82, 2.24) is 19.7 Å². The molecule has 2 N–H and O–H groups in total. The summed E-state index contributed by atoms with van der Waals surface area (Å²) in [6.07, 6.45) is 1.96. The van der Waals surface area contributed by atoms with Crippen LogP contribution in [0.25, 0.3) is 17.1 Å². The van der Waals surface area contributed by atoms with E-state index in [-0.39, 0.29) is 30.3 Å². The van der Waals surface area contributed by atoms with Crippen molar-refractivity contribution in [2.24, 2.45) is 0 Å². The maximum Gasteiger partial charge on any atom is 0.330 e. The van der Waals surface area contributed by atoms with Crippen LogP contribution in [0.5, 0.6) is 0 Å². The van der Waals surface area contributed by atoms with E-state index < -0.39 is 0 Å². The molecule has 2 aromatic heterocycles. The molecule has 0 aliphatic rings. The maximum absolute atomic E-state index is 13.0. The van der Waals surface area contributed by atoms with Gasteiger partial charge < -0.3 is 14.8 Å². The highest BCUT2D eigenvalue weighted by atomic mass is 19.1. The molecule has 1 amide bonds. The molecule has 9 heteroatoms. The van der Waals surface area contributed by atoms with E-state index in [0.717, 1.165) is 5.69 Å². The van der Waals surface area contributed by atoms with Gasteiger partial charge in [-0.2, -0.15) is 4.98 Å². The minimum absolute atomic E-state index is 0.112. The zero-order chi connectivity index (χ0) is 21.1. The Morgan fingerprint density at radius 3 is 2.70 bits per heavy atom. The first-order valence-electron chi connectivity index (χ1n) is 9.26. The predicted octanol–water partition coefficient (Wildman–Crippen LogP) is 3.23. The highest BCUT2D eigenvalue weighted by molar-refractivity contribution is 5.92. The second-order valence-corrected chi connectivity index (χ2v) is 6.65. The smallest absolute Gasteiger partial charge is 0.330 e. The Bertz CT molecular complexity index is 1240. The summed E-state index contributed by atoms with van der Waals surface area (Å²) >= 11 is 0. The fourth-order valence-corrected chi connectivity index (χ4v) is 3.03. The van der Waals surface area contributed by atoms with Gasteiger partial charge in [0.1, 0.15) is 5.82 Å². The third-order valence-corrected chi connectivity index (χ3v) is 4.52. The number of carbonyl (C=O) groups is 1. The number of aromatic nitrogens is 4. The van der Waals surface area contributed by atoms with E-state index in [4.69, 9.17) is 4.52 Å². The van der Waals surface area contributed by atoms with Gasteiger partial charge in [-0.1, -0.05) is 17.3 Å². The Morgan fingerprint density at radius 2 is 1.97 bits per heavy atom. The molecular formula is C21H18FN5O3. The first kappa shape index (κ1) is 19.3. The lowest BCUT2D eigenvalue weighted by Gasteiger charge is -2.12. The van der Waals surface area contributed by atoms with E-state index in [9.17, 15) is 14.0 Å². The first-order valence-corrected chi connectivity index (χ1v) is 9.26. The number of para-hydroxylation sites is 2. The van der Waals surface area contributed by atoms with Gasteiger partial charge in [0.05, 0.1) is 11.4 Å². The molecule has 0 fully saturated rings. The van der Waals surface area contributed by atoms with E-state index in [1.807, 2.05) is 0 Å². The van der Waals surface area contributed by atoms with Gasteiger partial charge in [-0.3, -0.25) is 9.36 Å². The number of halogens is 1. The van der Waals surface area contributed by atoms with Crippen molar-refractivity contribution < 1.29 is 13.7 Å². The number of amides is 1. The highest BCUT2D eigenvalue weighted by Crippen LogP contribution is 2.21. The normalized spacial score (nSPS) is 10.9. The number of rotatable bonds is 6. The molecule has 0 atom stereocenters. The Kier molecular flexibility index (Phi) is 5.25. The monoisotopic (exact) mass is 407 g/mol. The zero-order valence-electron chi connectivity index (χ0n) is 16.1. The number of hydrogen-bond donors (Lipinski definition) is 2. The van der Waals surface area contributed by atoms with Crippen molar-refractivity contribution in [2.75, 3.05) is 5.32 Å². The van der Waals surface area contributed by atoms with Crippen LogP contribution in [-0.2, 0) is 11.2 Å². The van der Waals surface area contributed by atoms with Crippen LogP contribution in [-0.4, -0.2) is 25.6 Å². The average molecular weight is 407 g/mol. The van der Waals surface area contributed by atoms with E-state index in [0.29, 0.717) is 28.7 Å². The molecule has 2 aromatic carbocycles. The summed E-state index contributed by atoms with van der Waals surface area (Å²) in [5.74, 6) is 0.0234. The van der Waals surface area contributed by atoms with Gasteiger partial charge in [0.2, 0.25) is 17.6 Å². The van der Waals surface area contributed by atoms with E-state index >= 15 is 0 Å². The minimum atomic E-state index is -0.350. The number of H-pyrrole nitrogens is 1. The Labute approximate surface area is 170 Å². The number of anilines is 1. The largest absolute Gasteiger partial charge is 0.339 e. The molecule has 4 rings (SSSR count). The first-order chi connectivity index (χ1) is 14.5. The van der Waals surface area contributed by atoms with Gasteiger partial charge in [0, 0.05) is 30.3 Å². The molecule has 0 aliphatic carbocycles. The molecule has 0 radical (unpaired) electrons. The van der Waals surface area contributed by atoms with E-state index in [2.05, 4.69) is 20.4 Å². The zero-order valence-corrected chi connectivity index (χ0v) is 16.1. The van der Waals surface area contributed by atoms with Gasteiger partial charge in [-0.15, -0.1) is 0 Å². The third kappa shape index (κ3) is 4.04. The topological polar surface area (TPSA) is 106 Å². The number of imidazole rings is 1. The van der Waals surface area contributed by atoms with Gasteiger partial charge in [-0.05, 0) is 43.3 Å². The predicted molar refractivity (Wildman–Crippen MR) is 108 cm³/mol. The van der Waals surface area contributed by atoms with Crippen molar-refractivity contribution in [3.8, 4) is 17.1 Å². The third-order valence-electron chi connectivity index (χ3n) is 4.52. The van der Waals surface area contributed by atoms with Crippen molar-refractivity contribution in [3.63, 3.8) is 0 Å². The molecule has 8 nitrogen and oxygen atoms in total. The molecule has 4 aromatic rings. The Morgan fingerprint density at radius 1 is 1.20 bits per heavy atom. The Hall–Kier alpha value is -4.01. The summed E-state index contributed by atoms with van der Waals surface area (Å²) in [5, 5.41) is 6.69. The summed E-state index contributed by atoms with van der Waals surface area (Å²) in [4.78, 5) is 31.4. The lowest BCUT2D eigenvalue weighted by molar-refractivity contribution is -0.116. The average Bonchev–Trinajstić information content (AvgIpc) is 3.34. The van der Waals surface area contributed by atoms with Crippen LogP contribution >= 0.6 is 0 Å². The second kappa shape index (κ2) is 8.16. The summed E-state index contributed by atoms with van der Waals surface area (Å²) in [7, 11) is 0. The molecule has 0 unspecified atom stereocenters. The van der Waals surface area contributed by atoms with Crippen molar-refractivity contribution >= 4 is 11.6 Å². The highest BCUT2D eigenvalue weighted by Gasteiger charge is 2.14. The number of aryl methyl sites for hydroxylation is 2. The summed E-state index contributed by atoms with van der Waals surface area (Å²) in [6.45, 7) is 1.80. The molecular weight excluding hydrogens is 389 g/mol. The van der Waals surface area contributed by atoms with Gasteiger partial charge in [0.25, 0.3) is 0 Å². The SMILES string of the molecule is Cc1c[nH]c(=O)n1-c1ccccc1NC(=O)CCc1nc(-c2ccc(F)cc2)no1. The number of hydrogen-bond acceptors (Lipinski definition) is 5. The van der Waals surface area contributed by atoms with Crippen molar-refractivity contribution in [2.45, 2.75) is 19.8 Å². The summed E-state index contributed by atoms with van der Waals surface area (Å²) in [5.41, 5.74) is 2.15. The molecule has 2 heterocycles. The molecule has 30 heavy (non-hydrogen) atoms. The molecule has 0 spiro atoms. The minimum Gasteiger partial charge on any atom is -0.339 e. The molecule has 0 saturated heterocycles. The van der Waals surface area contributed by atoms with Crippen LogP contribution in [0.3, 0.4) is 0 Å². The fourth-order valence-electron chi connectivity index (χ4n) is 3.03. The Balaban J connectivity index is 1.43. The number of nitrogens with one attached hydrogen (secondary N) is 2. The van der Waals surface area contributed by atoms with Gasteiger partial charge in [0.15, 0.2) is 0 Å². The van der Waals surface area contributed by atoms with Crippen molar-refractivity contribution in [3.05, 3.63) is 82.6 Å². The molecule has 0 saturated carbocycles. The number of aromatic amines is 1. The summed E-state index contributed by atoms with van der Waals surface area (Å²) < 4.78 is 19.7. The summed E-state index contributed by atoms with van der Waals surface area (Å²) in [6, 6.07) is 12.8. The van der Waals surface area contributed by atoms with Crippen LogP contribution in [0.2, 0.25) is 0 Å². The maximum atomic E-state index is 13.0. The standard InChI is InChI=1S/C21H18FN5O3/c1-13-12-23-21(29)27(13)17-5-3-2-4-16(17)24-18(28)10-11-19-25-20(26-30-19)14-6-8-15(22)9-7-14/h2-9,12H,10-11H2,1H3,(H,23,29)(H,24,28). The lowest BCUT2D eigenvalue weighted by Crippen LogP contribution is -2.19. The number of carbonyl (C=O) groups excluding carboxylic acids is 1. The number of nitrogens with zero attached hydrogens (tertiary/aromatic N) is 3. The molecule has 152 valence electrons. The number of benzene rings is 2. The van der Waals surface area contributed by atoms with E-state index in [1.165, 1.54) is 16.7 Å². The van der Waals surface area contributed by atoms with Gasteiger partial charge >= 0.3 is 5.69 Å².